The van der Waals surface area contributed by atoms with Crippen molar-refractivity contribution in [2.24, 2.45) is 5.92 Å². The van der Waals surface area contributed by atoms with E-state index in [0.29, 0.717) is 12.3 Å². The van der Waals surface area contributed by atoms with Gasteiger partial charge in [-0.05, 0) is 24.1 Å². The Morgan fingerprint density at radius 3 is 2.88 bits per heavy atom. The molecule has 1 aliphatic heterocycles. The van der Waals surface area contributed by atoms with Gasteiger partial charge >= 0.3 is 0 Å². The third-order valence-corrected chi connectivity index (χ3v) is 4.35. The molecule has 1 aromatic carbocycles. The van der Waals surface area contributed by atoms with Crippen molar-refractivity contribution in [1.82, 2.24) is 0 Å². The average molecular weight is 362 g/mol. The van der Waals surface area contributed by atoms with Gasteiger partial charge in [0.2, 0.25) is 5.91 Å². The van der Waals surface area contributed by atoms with Crippen molar-refractivity contribution >= 4 is 49.1 Å². The number of nitrogens with zero attached hydrogens (tertiary/aromatic N) is 1. The summed E-state index contributed by atoms with van der Waals surface area (Å²) in [7, 11) is 1.87. The summed E-state index contributed by atoms with van der Waals surface area (Å²) in [6, 6.07) is 5.94. The highest BCUT2D eigenvalue weighted by molar-refractivity contribution is 9.10. The van der Waals surface area contributed by atoms with E-state index in [2.05, 4.69) is 37.2 Å². The third kappa shape index (κ3) is 2.65. The van der Waals surface area contributed by atoms with E-state index in [-0.39, 0.29) is 5.91 Å². The molecule has 5 heteroatoms. The van der Waals surface area contributed by atoms with Crippen molar-refractivity contribution in [3.63, 3.8) is 0 Å². The number of rotatable bonds is 3. The van der Waals surface area contributed by atoms with Crippen molar-refractivity contribution in [3.05, 3.63) is 22.7 Å². The molecule has 1 atom stereocenters. The maximum absolute atomic E-state index is 12.0. The topological polar surface area (TPSA) is 32.3 Å². The highest BCUT2D eigenvalue weighted by Crippen LogP contribution is 2.33. The van der Waals surface area contributed by atoms with Crippen LogP contribution in [0.3, 0.4) is 0 Å². The maximum atomic E-state index is 12.0. The largest absolute Gasteiger partial charge is 0.386 e. The molecule has 0 aromatic heterocycles. The van der Waals surface area contributed by atoms with Crippen molar-refractivity contribution in [1.29, 1.82) is 0 Å². The highest BCUT2D eigenvalue weighted by atomic mass is 79.9. The van der Waals surface area contributed by atoms with E-state index >= 15 is 0 Å². The molecule has 1 aliphatic rings. The third-order valence-electron chi connectivity index (χ3n) is 2.94. The normalized spacial score (nSPS) is 19.8. The molecular weight excluding hydrogens is 348 g/mol. The van der Waals surface area contributed by atoms with Crippen LogP contribution in [0.15, 0.2) is 22.7 Å². The van der Waals surface area contributed by atoms with Gasteiger partial charge in [-0.15, -0.1) is 0 Å². The zero-order valence-electron chi connectivity index (χ0n) is 9.54. The predicted octanol–water partition coefficient (Wildman–Crippen LogP) is 3.24. The first-order chi connectivity index (χ1) is 8.15. The number of carbonyl (C=O) groups excluding carboxylic acids is 1. The van der Waals surface area contributed by atoms with Crippen LogP contribution in [0.1, 0.15) is 6.42 Å². The van der Waals surface area contributed by atoms with Gasteiger partial charge in [-0.2, -0.15) is 0 Å². The van der Waals surface area contributed by atoms with Gasteiger partial charge in [0.05, 0.1) is 11.4 Å². The van der Waals surface area contributed by atoms with Gasteiger partial charge in [0, 0.05) is 29.8 Å². The summed E-state index contributed by atoms with van der Waals surface area (Å²) in [5.74, 6) is 0.607. The maximum Gasteiger partial charge on any atom is 0.227 e. The first-order valence-corrected chi connectivity index (χ1v) is 7.40. The van der Waals surface area contributed by atoms with Crippen molar-refractivity contribution < 1.29 is 4.79 Å². The monoisotopic (exact) mass is 360 g/mol. The highest BCUT2D eigenvalue weighted by Gasteiger charge is 2.31. The molecule has 3 nitrogen and oxygen atoms in total. The fraction of sp³-hybridized carbons (Fsp3) is 0.417. The lowest BCUT2D eigenvalue weighted by Gasteiger charge is -2.20. The second-order valence-corrected chi connectivity index (χ2v) is 5.70. The number of benzene rings is 1. The lowest BCUT2D eigenvalue weighted by Crippen LogP contribution is -2.25. The number of alkyl halides is 1. The van der Waals surface area contributed by atoms with Crippen LogP contribution in [-0.4, -0.2) is 24.8 Å². The molecule has 17 heavy (non-hydrogen) atoms. The molecule has 1 fully saturated rings. The van der Waals surface area contributed by atoms with E-state index < -0.39 is 0 Å². The summed E-state index contributed by atoms with van der Waals surface area (Å²) >= 11 is 6.90. The average Bonchev–Trinajstić information content (AvgIpc) is 2.70. The van der Waals surface area contributed by atoms with Crippen LogP contribution in [0, 0.1) is 5.92 Å². The number of carbonyl (C=O) groups is 1. The molecule has 0 spiro atoms. The molecule has 1 amide bonds. The van der Waals surface area contributed by atoms with Crippen LogP contribution in [0.2, 0.25) is 0 Å². The zero-order chi connectivity index (χ0) is 12.4. The molecular formula is C12H14Br2N2O. The van der Waals surface area contributed by atoms with Crippen LogP contribution in [0.25, 0.3) is 0 Å². The fourth-order valence-electron chi connectivity index (χ4n) is 2.06. The van der Waals surface area contributed by atoms with E-state index in [1.165, 1.54) is 0 Å². The minimum Gasteiger partial charge on any atom is -0.386 e. The Labute approximate surface area is 118 Å². The van der Waals surface area contributed by atoms with E-state index in [1.54, 1.807) is 0 Å². The van der Waals surface area contributed by atoms with Crippen LogP contribution in [-0.2, 0) is 4.79 Å². The Morgan fingerprint density at radius 1 is 1.53 bits per heavy atom. The Kier molecular flexibility index (Phi) is 4.09. The number of amides is 1. The molecule has 0 radical (unpaired) electrons. The van der Waals surface area contributed by atoms with Crippen molar-refractivity contribution in [2.45, 2.75) is 6.42 Å². The molecule has 1 N–H and O–H groups in total. The summed E-state index contributed by atoms with van der Waals surface area (Å²) in [6.45, 7) is 0.787. The minimum absolute atomic E-state index is 0.198. The van der Waals surface area contributed by atoms with Crippen LogP contribution < -0.4 is 10.2 Å². The first-order valence-electron chi connectivity index (χ1n) is 5.49. The lowest BCUT2D eigenvalue weighted by molar-refractivity contribution is -0.117. The summed E-state index contributed by atoms with van der Waals surface area (Å²) < 4.78 is 0.988. The van der Waals surface area contributed by atoms with E-state index in [1.807, 2.05) is 30.1 Å². The molecule has 0 aliphatic carbocycles. The Morgan fingerprint density at radius 2 is 2.29 bits per heavy atom. The number of halogens is 2. The van der Waals surface area contributed by atoms with E-state index in [0.717, 1.165) is 27.7 Å². The molecule has 1 aromatic rings. The van der Waals surface area contributed by atoms with Gasteiger partial charge < -0.3 is 10.2 Å². The number of nitrogens with one attached hydrogen (secondary N) is 1. The molecule has 1 saturated heterocycles. The molecule has 0 bridgehead atoms. The summed E-state index contributed by atoms with van der Waals surface area (Å²) in [5.41, 5.74) is 1.94. The van der Waals surface area contributed by atoms with Crippen LogP contribution in [0.5, 0.6) is 0 Å². The Hall–Kier alpha value is -0.550. The van der Waals surface area contributed by atoms with Gasteiger partial charge in [-0.3, -0.25) is 4.79 Å². The van der Waals surface area contributed by atoms with E-state index in [9.17, 15) is 4.79 Å². The minimum atomic E-state index is 0.198. The van der Waals surface area contributed by atoms with Crippen LogP contribution in [0.4, 0.5) is 11.4 Å². The lowest BCUT2D eigenvalue weighted by atomic mass is 10.2. The predicted molar refractivity (Wildman–Crippen MR) is 77.9 cm³/mol. The van der Waals surface area contributed by atoms with Crippen molar-refractivity contribution in [3.8, 4) is 0 Å². The van der Waals surface area contributed by atoms with Gasteiger partial charge in [-0.25, -0.2) is 0 Å². The summed E-state index contributed by atoms with van der Waals surface area (Å²) in [6.07, 6.45) is 0.626. The van der Waals surface area contributed by atoms with Crippen LogP contribution >= 0.6 is 31.9 Å². The Balaban J connectivity index is 2.33. The fourth-order valence-corrected chi connectivity index (χ4v) is 2.84. The number of anilines is 2. The molecule has 92 valence electrons. The smallest absolute Gasteiger partial charge is 0.227 e. The standard InChI is InChI=1S/C12H14Br2N2O/c1-15-10-3-2-9(14)5-11(10)16-7-8(6-13)4-12(16)17/h2-3,5,8,15H,4,6-7H2,1H3. The SMILES string of the molecule is CNc1ccc(Br)cc1N1CC(CBr)CC1=O. The number of hydrogen-bond acceptors (Lipinski definition) is 2. The second kappa shape index (κ2) is 5.40. The van der Waals surface area contributed by atoms with Gasteiger partial charge in [-0.1, -0.05) is 31.9 Å². The van der Waals surface area contributed by atoms with Gasteiger partial charge in [0.25, 0.3) is 0 Å². The number of hydrogen-bond donors (Lipinski definition) is 1. The van der Waals surface area contributed by atoms with Gasteiger partial charge in [0.15, 0.2) is 0 Å². The zero-order valence-corrected chi connectivity index (χ0v) is 12.7. The molecule has 1 heterocycles. The molecule has 1 unspecified atom stereocenters. The molecule has 2 rings (SSSR count). The summed E-state index contributed by atoms with van der Waals surface area (Å²) in [4.78, 5) is 13.8. The van der Waals surface area contributed by atoms with Crippen molar-refractivity contribution in [2.75, 3.05) is 29.1 Å². The quantitative estimate of drug-likeness (QED) is 0.838. The first kappa shape index (κ1) is 12.9. The summed E-state index contributed by atoms with van der Waals surface area (Å²) in [5, 5.41) is 4.00. The second-order valence-electron chi connectivity index (χ2n) is 4.14. The van der Waals surface area contributed by atoms with E-state index in [4.69, 9.17) is 0 Å². The van der Waals surface area contributed by atoms with Gasteiger partial charge in [0.1, 0.15) is 0 Å². The Bertz CT molecular complexity index is 437. The molecule has 0 saturated carbocycles.